The number of methoxy groups -OCH3 is 1. The number of nitrogen functional groups attached to an aromatic ring is 1. The van der Waals surface area contributed by atoms with Crippen LogP contribution in [0.3, 0.4) is 0 Å². The number of esters is 1. The summed E-state index contributed by atoms with van der Waals surface area (Å²) in [5.74, 6) is -1.31. The van der Waals surface area contributed by atoms with E-state index in [0.29, 0.717) is 6.54 Å². The monoisotopic (exact) mass is 315 g/mol. The third-order valence-electron chi connectivity index (χ3n) is 2.50. The van der Waals surface area contributed by atoms with Gasteiger partial charge < -0.3 is 15.8 Å². The van der Waals surface area contributed by atoms with E-state index in [4.69, 9.17) is 5.73 Å². The molecule has 0 saturated carbocycles. The second kappa shape index (κ2) is 7.04. The molecule has 0 spiro atoms. The Kier molecular flexibility index (Phi) is 5.68. The number of nitrogens with one attached hydrogen (secondary N) is 2. The average molecular weight is 315 g/mol. The summed E-state index contributed by atoms with van der Waals surface area (Å²) in [5, 5.41) is 2.45. The predicted molar refractivity (Wildman–Crippen MR) is 76.1 cm³/mol. The Morgan fingerprint density at radius 3 is 2.57 bits per heavy atom. The van der Waals surface area contributed by atoms with Crippen LogP contribution in [0.4, 0.5) is 5.69 Å². The van der Waals surface area contributed by atoms with Crippen LogP contribution in [0.2, 0.25) is 0 Å². The number of amides is 1. The van der Waals surface area contributed by atoms with Gasteiger partial charge in [-0.1, -0.05) is 0 Å². The number of carbonyl (C=O) groups excluding carboxylic acids is 2. The van der Waals surface area contributed by atoms with Crippen molar-refractivity contribution in [3.05, 3.63) is 23.8 Å². The molecule has 0 saturated heterocycles. The molecule has 9 heteroatoms. The van der Waals surface area contributed by atoms with Gasteiger partial charge in [0.05, 0.1) is 24.1 Å². The second-order valence-corrected chi connectivity index (χ2v) is 5.76. The van der Waals surface area contributed by atoms with E-state index in [1.165, 1.54) is 18.2 Å². The molecule has 0 aliphatic carbocycles. The first-order valence-corrected chi connectivity index (χ1v) is 7.54. The molecule has 1 aromatic carbocycles. The molecule has 0 fully saturated rings. The Morgan fingerprint density at radius 1 is 1.33 bits per heavy atom. The van der Waals surface area contributed by atoms with Gasteiger partial charge in [-0.05, 0) is 25.1 Å². The maximum Gasteiger partial charge on any atom is 0.339 e. The van der Waals surface area contributed by atoms with Gasteiger partial charge >= 0.3 is 5.97 Å². The molecular weight excluding hydrogens is 298 g/mol. The molecule has 0 atom stereocenters. The van der Waals surface area contributed by atoms with Gasteiger partial charge in [0.2, 0.25) is 15.9 Å². The SMILES string of the molecule is CCNC(=O)CNS(=O)(=O)c1ccc(N)cc1C(=O)OC. The number of benzene rings is 1. The highest BCUT2D eigenvalue weighted by molar-refractivity contribution is 7.89. The quantitative estimate of drug-likeness (QED) is 0.478. The number of hydrogen-bond acceptors (Lipinski definition) is 6. The highest BCUT2D eigenvalue weighted by atomic mass is 32.2. The van der Waals surface area contributed by atoms with E-state index in [-0.39, 0.29) is 16.1 Å². The van der Waals surface area contributed by atoms with E-state index in [1.54, 1.807) is 6.92 Å². The van der Waals surface area contributed by atoms with Gasteiger partial charge in [-0.25, -0.2) is 17.9 Å². The highest BCUT2D eigenvalue weighted by Gasteiger charge is 2.23. The topological polar surface area (TPSA) is 128 Å². The molecule has 0 radical (unpaired) electrons. The minimum atomic E-state index is -4.04. The molecule has 0 unspecified atom stereocenters. The summed E-state index contributed by atoms with van der Waals surface area (Å²) >= 11 is 0. The summed E-state index contributed by atoms with van der Waals surface area (Å²) in [4.78, 5) is 22.6. The second-order valence-electron chi connectivity index (χ2n) is 4.03. The molecule has 21 heavy (non-hydrogen) atoms. The fraction of sp³-hybridized carbons (Fsp3) is 0.333. The van der Waals surface area contributed by atoms with Crippen LogP contribution in [-0.4, -0.2) is 40.5 Å². The molecule has 1 amide bonds. The van der Waals surface area contributed by atoms with Crippen LogP contribution in [-0.2, 0) is 19.6 Å². The highest BCUT2D eigenvalue weighted by Crippen LogP contribution is 2.19. The van der Waals surface area contributed by atoms with Crippen molar-refractivity contribution >= 4 is 27.6 Å². The van der Waals surface area contributed by atoms with E-state index < -0.39 is 28.4 Å². The number of hydrogen-bond donors (Lipinski definition) is 3. The van der Waals surface area contributed by atoms with Gasteiger partial charge in [0.15, 0.2) is 0 Å². The molecule has 0 aliphatic rings. The van der Waals surface area contributed by atoms with Gasteiger partial charge in [0.25, 0.3) is 0 Å². The number of rotatable bonds is 6. The van der Waals surface area contributed by atoms with Crippen LogP contribution < -0.4 is 15.8 Å². The third-order valence-corrected chi connectivity index (χ3v) is 3.95. The van der Waals surface area contributed by atoms with Crippen molar-refractivity contribution in [3.8, 4) is 0 Å². The Morgan fingerprint density at radius 2 is 2.00 bits per heavy atom. The number of carbonyl (C=O) groups is 2. The van der Waals surface area contributed by atoms with Crippen molar-refractivity contribution in [1.82, 2.24) is 10.0 Å². The van der Waals surface area contributed by atoms with Gasteiger partial charge in [0.1, 0.15) is 0 Å². The maximum absolute atomic E-state index is 12.2. The minimum Gasteiger partial charge on any atom is -0.465 e. The number of ether oxygens (including phenoxy) is 1. The molecule has 1 rings (SSSR count). The average Bonchev–Trinajstić information content (AvgIpc) is 2.44. The first-order chi connectivity index (χ1) is 9.81. The van der Waals surface area contributed by atoms with Crippen LogP contribution in [0.1, 0.15) is 17.3 Å². The molecule has 1 aromatic rings. The lowest BCUT2D eigenvalue weighted by Gasteiger charge is -2.11. The standard InChI is InChI=1S/C12H17N3O5S/c1-3-14-11(16)7-15-21(18,19)10-5-4-8(13)6-9(10)12(17)20-2/h4-6,15H,3,7,13H2,1-2H3,(H,14,16). The molecule has 0 aromatic heterocycles. The van der Waals surface area contributed by atoms with Crippen LogP contribution in [0.15, 0.2) is 23.1 Å². The molecule has 8 nitrogen and oxygen atoms in total. The van der Waals surface area contributed by atoms with Crippen molar-refractivity contribution in [2.75, 3.05) is 25.9 Å². The molecule has 0 heterocycles. The molecular formula is C12H17N3O5S. The van der Waals surface area contributed by atoms with Crippen LogP contribution in [0.25, 0.3) is 0 Å². The zero-order valence-electron chi connectivity index (χ0n) is 11.7. The summed E-state index contributed by atoms with van der Waals surface area (Å²) in [6.07, 6.45) is 0. The zero-order chi connectivity index (χ0) is 16.0. The van der Waals surface area contributed by atoms with Crippen molar-refractivity contribution in [2.45, 2.75) is 11.8 Å². The van der Waals surface area contributed by atoms with Crippen molar-refractivity contribution in [1.29, 1.82) is 0 Å². The van der Waals surface area contributed by atoms with Gasteiger partial charge in [-0.3, -0.25) is 4.79 Å². The fourth-order valence-electron chi connectivity index (χ4n) is 1.55. The maximum atomic E-state index is 12.2. The van der Waals surface area contributed by atoms with Crippen molar-refractivity contribution in [3.63, 3.8) is 0 Å². The predicted octanol–water partition coefficient (Wildman–Crippen LogP) is -0.530. The van der Waals surface area contributed by atoms with Crippen LogP contribution in [0.5, 0.6) is 0 Å². The largest absolute Gasteiger partial charge is 0.465 e. The van der Waals surface area contributed by atoms with E-state index in [2.05, 4.69) is 14.8 Å². The first kappa shape index (κ1) is 16.9. The lowest BCUT2D eigenvalue weighted by Crippen LogP contribution is -2.37. The van der Waals surface area contributed by atoms with Crippen molar-refractivity contribution < 1.29 is 22.7 Å². The molecule has 116 valence electrons. The number of nitrogens with two attached hydrogens (primary N) is 1. The number of sulfonamides is 1. The lowest BCUT2D eigenvalue weighted by atomic mass is 10.2. The molecule has 0 aliphatic heterocycles. The molecule has 4 N–H and O–H groups in total. The fourth-order valence-corrected chi connectivity index (χ4v) is 2.70. The number of anilines is 1. The summed E-state index contributed by atoms with van der Waals surface area (Å²) < 4.78 is 30.9. The van der Waals surface area contributed by atoms with E-state index in [1.807, 2.05) is 0 Å². The summed E-state index contributed by atoms with van der Waals surface area (Å²) in [6, 6.07) is 3.72. The van der Waals surface area contributed by atoms with Crippen LogP contribution >= 0.6 is 0 Å². The third kappa shape index (κ3) is 4.43. The summed E-state index contributed by atoms with van der Waals surface area (Å²) in [6.45, 7) is 1.67. The summed E-state index contributed by atoms with van der Waals surface area (Å²) in [7, 11) is -2.91. The minimum absolute atomic E-state index is 0.194. The van der Waals surface area contributed by atoms with Gasteiger partial charge in [-0.2, -0.15) is 0 Å². The Labute approximate surface area is 122 Å². The molecule has 0 bridgehead atoms. The van der Waals surface area contributed by atoms with Gasteiger partial charge in [0, 0.05) is 12.2 Å². The normalized spacial score (nSPS) is 11.0. The van der Waals surface area contributed by atoms with Gasteiger partial charge in [-0.15, -0.1) is 0 Å². The smallest absolute Gasteiger partial charge is 0.339 e. The first-order valence-electron chi connectivity index (χ1n) is 6.06. The van der Waals surface area contributed by atoms with E-state index in [0.717, 1.165) is 7.11 Å². The van der Waals surface area contributed by atoms with E-state index >= 15 is 0 Å². The Balaban J connectivity index is 3.08. The van der Waals surface area contributed by atoms with Crippen molar-refractivity contribution in [2.24, 2.45) is 0 Å². The van der Waals surface area contributed by atoms with Crippen LogP contribution in [0, 0.1) is 0 Å². The van der Waals surface area contributed by atoms with E-state index in [9.17, 15) is 18.0 Å². The Hall–Kier alpha value is -2.13. The zero-order valence-corrected chi connectivity index (χ0v) is 12.5. The Bertz CT molecular complexity index is 642. The number of likely N-dealkylation sites (N-methyl/N-ethyl adjacent to an activating group) is 1. The lowest BCUT2D eigenvalue weighted by molar-refractivity contribution is -0.119. The summed E-state index contributed by atoms with van der Waals surface area (Å²) in [5.41, 5.74) is 5.56.